The number of piperidine rings is 1. The summed E-state index contributed by atoms with van der Waals surface area (Å²) in [5.41, 5.74) is 0.684. The summed E-state index contributed by atoms with van der Waals surface area (Å²) < 4.78 is 0. The van der Waals surface area contributed by atoms with Gasteiger partial charge in [-0.05, 0) is 24.0 Å². The molecule has 1 aliphatic rings. The van der Waals surface area contributed by atoms with Gasteiger partial charge in [0.05, 0.1) is 12.5 Å². The summed E-state index contributed by atoms with van der Waals surface area (Å²) in [4.78, 5) is 18.0. The minimum absolute atomic E-state index is 0.0447. The highest BCUT2D eigenvalue weighted by Crippen LogP contribution is 2.30. The van der Waals surface area contributed by atoms with E-state index in [1.807, 2.05) is 32.0 Å². The molecule has 1 atom stereocenters. The third-order valence-electron chi connectivity index (χ3n) is 3.73. The number of β-amino-alcohol motifs (C(OH)–C–C–N with tert-alkyl or cyclic N) is 1. The lowest BCUT2D eigenvalue weighted by atomic mass is 9.80. The van der Waals surface area contributed by atoms with Gasteiger partial charge in [0.15, 0.2) is 0 Å². The number of carbonyl (C=O) groups is 1. The van der Waals surface area contributed by atoms with Crippen molar-refractivity contribution in [3.05, 3.63) is 30.1 Å². The fourth-order valence-electron chi connectivity index (χ4n) is 2.13. The normalized spacial score (nSPS) is 22.8. The smallest absolute Gasteiger partial charge is 0.228 e. The van der Waals surface area contributed by atoms with Crippen LogP contribution in [0.2, 0.25) is 0 Å². The average Bonchev–Trinajstić information content (AvgIpc) is 2.34. The van der Waals surface area contributed by atoms with E-state index < -0.39 is 6.10 Å². The predicted molar refractivity (Wildman–Crippen MR) is 68.9 cm³/mol. The van der Waals surface area contributed by atoms with Crippen LogP contribution >= 0.6 is 0 Å². The number of aliphatic hydroxyl groups excluding tert-OH is 1. The van der Waals surface area contributed by atoms with E-state index in [4.69, 9.17) is 0 Å². The van der Waals surface area contributed by atoms with Crippen LogP contribution in [-0.2, 0) is 11.2 Å². The Bertz CT molecular complexity index is 417. The number of aromatic nitrogens is 1. The summed E-state index contributed by atoms with van der Waals surface area (Å²) in [6.07, 6.45) is 2.39. The number of pyridine rings is 1. The summed E-state index contributed by atoms with van der Waals surface area (Å²) in [5, 5.41) is 10.0. The first kappa shape index (κ1) is 13.0. The Morgan fingerprint density at radius 2 is 2.33 bits per heavy atom. The number of nitrogens with zero attached hydrogens (tertiary/aromatic N) is 2. The van der Waals surface area contributed by atoms with E-state index in [-0.39, 0.29) is 11.3 Å². The van der Waals surface area contributed by atoms with E-state index in [0.717, 1.165) is 18.7 Å². The molecule has 1 fully saturated rings. The Balaban J connectivity index is 1.95. The molecule has 1 aromatic heterocycles. The molecule has 0 saturated carbocycles. The second-order valence-electron chi connectivity index (χ2n) is 5.59. The van der Waals surface area contributed by atoms with E-state index >= 15 is 0 Å². The molecule has 0 aromatic carbocycles. The van der Waals surface area contributed by atoms with Gasteiger partial charge in [-0.1, -0.05) is 19.9 Å². The lowest BCUT2D eigenvalue weighted by Crippen LogP contribution is -2.50. The molecule has 1 unspecified atom stereocenters. The van der Waals surface area contributed by atoms with Crippen LogP contribution in [0, 0.1) is 5.41 Å². The van der Waals surface area contributed by atoms with Crippen molar-refractivity contribution in [3.8, 4) is 0 Å². The third kappa shape index (κ3) is 2.88. The quantitative estimate of drug-likeness (QED) is 0.857. The number of hydrogen-bond acceptors (Lipinski definition) is 3. The maximum absolute atomic E-state index is 12.1. The summed E-state index contributed by atoms with van der Waals surface area (Å²) in [5.74, 6) is 0.0447. The highest BCUT2D eigenvalue weighted by Gasteiger charge is 2.35. The van der Waals surface area contributed by atoms with E-state index in [2.05, 4.69) is 4.98 Å². The minimum Gasteiger partial charge on any atom is -0.391 e. The first-order valence-corrected chi connectivity index (χ1v) is 6.35. The molecule has 1 aromatic rings. The molecule has 2 rings (SSSR count). The van der Waals surface area contributed by atoms with Crippen LogP contribution in [0.5, 0.6) is 0 Å². The van der Waals surface area contributed by atoms with Crippen molar-refractivity contribution in [2.75, 3.05) is 13.1 Å². The number of rotatable bonds is 2. The number of carbonyl (C=O) groups excluding carboxylic acids is 1. The third-order valence-corrected chi connectivity index (χ3v) is 3.73. The number of likely N-dealkylation sites (tertiary alicyclic amines) is 1. The molecule has 1 amide bonds. The molecular weight excluding hydrogens is 228 g/mol. The second kappa shape index (κ2) is 5.06. The molecule has 0 bridgehead atoms. The molecule has 0 spiro atoms. The standard InChI is InChI=1S/C14H20N2O2/c1-14(2)6-8-16(10-12(14)17)13(18)9-11-5-3-4-7-15-11/h3-5,7,12,17H,6,8-10H2,1-2H3. The van der Waals surface area contributed by atoms with Gasteiger partial charge in [0.1, 0.15) is 0 Å². The van der Waals surface area contributed by atoms with Gasteiger partial charge in [-0.15, -0.1) is 0 Å². The SMILES string of the molecule is CC1(C)CCN(C(=O)Cc2ccccn2)CC1O. The zero-order valence-corrected chi connectivity index (χ0v) is 11.0. The summed E-state index contributed by atoms with van der Waals surface area (Å²) >= 11 is 0. The van der Waals surface area contributed by atoms with Crippen molar-refractivity contribution in [3.63, 3.8) is 0 Å². The Morgan fingerprint density at radius 3 is 2.94 bits per heavy atom. The van der Waals surface area contributed by atoms with Crippen molar-refractivity contribution in [1.29, 1.82) is 0 Å². The molecule has 18 heavy (non-hydrogen) atoms. The molecule has 1 saturated heterocycles. The molecule has 1 N–H and O–H groups in total. The van der Waals surface area contributed by atoms with Crippen LogP contribution in [0.25, 0.3) is 0 Å². The number of amides is 1. The van der Waals surface area contributed by atoms with Crippen LogP contribution in [0.3, 0.4) is 0 Å². The molecule has 1 aliphatic heterocycles. The van der Waals surface area contributed by atoms with Crippen molar-refractivity contribution in [2.45, 2.75) is 32.8 Å². The first-order chi connectivity index (χ1) is 8.49. The maximum Gasteiger partial charge on any atom is 0.228 e. The highest BCUT2D eigenvalue weighted by atomic mass is 16.3. The van der Waals surface area contributed by atoms with Gasteiger partial charge in [-0.3, -0.25) is 9.78 Å². The molecule has 4 heteroatoms. The summed E-state index contributed by atoms with van der Waals surface area (Å²) in [7, 11) is 0. The Morgan fingerprint density at radius 1 is 1.56 bits per heavy atom. The van der Waals surface area contributed by atoms with Gasteiger partial charge in [0, 0.05) is 25.0 Å². The van der Waals surface area contributed by atoms with Gasteiger partial charge in [-0.25, -0.2) is 0 Å². The van der Waals surface area contributed by atoms with Crippen molar-refractivity contribution in [2.24, 2.45) is 5.41 Å². The average molecular weight is 248 g/mol. The van der Waals surface area contributed by atoms with E-state index in [1.54, 1.807) is 11.1 Å². The summed E-state index contributed by atoms with van der Waals surface area (Å²) in [6, 6.07) is 5.56. The Labute approximate surface area is 108 Å². The largest absolute Gasteiger partial charge is 0.391 e. The monoisotopic (exact) mass is 248 g/mol. The Kier molecular flexibility index (Phi) is 3.66. The minimum atomic E-state index is -0.445. The van der Waals surface area contributed by atoms with Crippen LogP contribution in [0.15, 0.2) is 24.4 Å². The molecule has 98 valence electrons. The number of aliphatic hydroxyl groups is 1. The highest BCUT2D eigenvalue weighted by molar-refractivity contribution is 5.78. The topological polar surface area (TPSA) is 53.4 Å². The molecule has 4 nitrogen and oxygen atoms in total. The van der Waals surface area contributed by atoms with Crippen molar-refractivity contribution < 1.29 is 9.90 Å². The van der Waals surface area contributed by atoms with Gasteiger partial charge in [0.2, 0.25) is 5.91 Å². The van der Waals surface area contributed by atoms with Gasteiger partial charge >= 0.3 is 0 Å². The second-order valence-corrected chi connectivity index (χ2v) is 5.59. The van der Waals surface area contributed by atoms with E-state index in [9.17, 15) is 9.90 Å². The summed E-state index contributed by atoms with van der Waals surface area (Å²) in [6.45, 7) is 5.23. The fraction of sp³-hybridized carbons (Fsp3) is 0.571. The lowest BCUT2D eigenvalue weighted by Gasteiger charge is -2.41. The Hall–Kier alpha value is -1.42. The van der Waals surface area contributed by atoms with Crippen LogP contribution < -0.4 is 0 Å². The van der Waals surface area contributed by atoms with Crippen LogP contribution in [0.1, 0.15) is 26.0 Å². The van der Waals surface area contributed by atoms with Crippen LogP contribution in [-0.4, -0.2) is 40.1 Å². The van der Waals surface area contributed by atoms with Gasteiger partial charge in [0.25, 0.3) is 0 Å². The molecule has 0 aliphatic carbocycles. The van der Waals surface area contributed by atoms with E-state index in [1.165, 1.54) is 0 Å². The van der Waals surface area contributed by atoms with Gasteiger partial charge < -0.3 is 10.0 Å². The molecule has 2 heterocycles. The number of hydrogen-bond donors (Lipinski definition) is 1. The van der Waals surface area contributed by atoms with Crippen molar-refractivity contribution in [1.82, 2.24) is 9.88 Å². The first-order valence-electron chi connectivity index (χ1n) is 6.35. The zero-order valence-electron chi connectivity index (χ0n) is 11.0. The van der Waals surface area contributed by atoms with Gasteiger partial charge in [-0.2, -0.15) is 0 Å². The fourth-order valence-corrected chi connectivity index (χ4v) is 2.13. The maximum atomic E-state index is 12.1. The van der Waals surface area contributed by atoms with Crippen molar-refractivity contribution >= 4 is 5.91 Å². The lowest BCUT2D eigenvalue weighted by molar-refractivity contribution is -0.137. The van der Waals surface area contributed by atoms with E-state index in [0.29, 0.717) is 13.0 Å². The van der Waals surface area contributed by atoms with Crippen LogP contribution in [0.4, 0.5) is 0 Å². The molecular formula is C14H20N2O2. The predicted octanol–water partition coefficient (Wildman–Crippen LogP) is 1.24. The molecule has 0 radical (unpaired) electrons. The zero-order chi connectivity index (χ0) is 13.2.